The Bertz CT molecular complexity index is 748. The summed E-state index contributed by atoms with van der Waals surface area (Å²) in [6, 6.07) is 6.93. The Kier molecular flexibility index (Phi) is 7.61. The molecule has 0 saturated heterocycles. The maximum absolute atomic E-state index is 14.1. The first-order chi connectivity index (χ1) is 12.8. The number of hydrogen-bond donors (Lipinski definition) is 2. The molecular formula is C19H31FN4O2S. The molecule has 0 aromatic heterocycles. The van der Waals surface area contributed by atoms with E-state index in [1.54, 1.807) is 20.0 Å². The van der Waals surface area contributed by atoms with Crippen molar-refractivity contribution in [3.05, 3.63) is 35.6 Å². The monoisotopic (exact) mass is 398 g/mol. The molecule has 0 bridgehead atoms. The second kappa shape index (κ2) is 9.50. The molecule has 2 rings (SSSR count). The van der Waals surface area contributed by atoms with Gasteiger partial charge in [0.15, 0.2) is 5.96 Å². The van der Waals surface area contributed by atoms with Crippen molar-refractivity contribution in [1.29, 1.82) is 0 Å². The van der Waals surface area contributed by atoms with Crippen LogP contribution in [0.15, 0.2) is 29.3 Å². The Hall–Kier alpha value is -1.67. The van der Waals surface area contributed by atoms with Crippen molar-refractivity contribution < 1.29 is 12.8 Å². The molecule has 0 aliphatic heterocycles. The van der Waals surface area contributed by atoms with Gasteiger partial charge in [-0.25, -0.2) is 17.1 Å². The molecule has 0 radical (unpaired) electrons. The minimum Gasteiger partial charge on any atom is -0.357 e. The van der Waals surface area contributed by atoms with Crippen LogP contribution in [0.5, 0.6) is 0 Å². The highest BCUT2D eigenvalue weighted by molar-refractivity contribution is 7.89. The second-order valence-electron chi connectivity index (χ2n) is 6.96. The zero-order valence-corrected chi connectivity index (χ0v) is 17.3. The number of hydrogen-bond acceptors (Lipinski definition) is 3. The normalized spacial score (nSPS) is 16.4. The maximum Gasteiger partial charge on any atom is 0.213 e. The summed E-state index contributed by atoms with van der Waals surface area (Å²) in [7, 11) is -1.54. The predicted molar refractivity (Wildman–Crippen MR) is 108 cm³/mol. The molecule has 0 spiro atoms. The molecule has 8 heteroatoms. The van der Waals surface area contributed by atoms with Crippen molar-refractivity contribution in [2.24, 2.45) is 4.99 Å². The minimum atomic E-state index is -3.14. The fourth-order valence-electron chi connectivity index (χ4n) is 2.99. The lowest BCUT2D eigenvalue weighted by Crippen LogP contribution is -2.39. The van der Waals surface area contributed by atoms with Crippen LogP contribution in [-0.2, 0) is 15.4 Å². The van der Waals surface area contributed by atoms with Gasteiger partial charge >= 0.3 is 0 Å². The first kappa shape index (κ1) is 21.6. The smallest absolute Gasteiger partial charge is 0.213 e. The zero-order chi connectivity index (χ0) is 19.9. The molecule has 1 fully saturated rings. The average molecular weight is 399 g/mol. The molecule has 0 heterocycles. The van der Waals surface area contributed by atoms with Gasteiger partial charge in [-0.05, 0) is 44.7 Å². The quantitative estimate of drug-likeness (QED) is 0.360. The molecule has 1 aromatic carbocycles. The summed E-state index contributed by atoms with van der Waals surface area (Å²) in [4.78, 5) is 4.64. The lowest BCUT2D eigenvalue weighted by molar-refractivity contribution is 0.461. The molecule has 1 aliphatic carbocycles. The summed E-state index contributed by atoms with van der Waals surface area (Å²) >= 11 is 0. The highest BCUT2D eigenvalue weighted by atomic mass is 32.2. The van der Waals surface area contributed by atoms with Gasteiger partial charge in [0.1, 0.15) is 5.82 Å². The highest BCUT2D eigenvalue weighted by Gasteiger charge is 2.45. The van der Waals surface area contributed by atoms with Gasteiger partial charge < -0.3 is 10.6 Å². The molecular weight excluding hydrogens is 367 g/mol. The number of halogens is 1. The average Bonchev–Trinajstić information content (AvgIpc) is 3.44. The summed E-state index contributed by atoms with van der Waals surface area (Å²) in [5, 5.41) is 6.43. The Morgan fingerprint density at radius 1 is 1.26 bits per heavy atom. The highest BCUT2D eigenvalue weighted by Crippen LogP contribution is 2.49. The third kappa shape index (κ3) is 5.90. The van der Waals surface area contributed by atoms with Gasteiger partial charge in [-0.15, -0.1) is 0 Å². The number of nitrogens with one attached hydrogen (secondary N) is 2. The van der Waals surface area contributed by atoms with E-state index in [4.69, 9.17) is 0 Å². The van der Waals surface area contributed by atoms with Gasteiger partial charge in [0.25, 0.3) is 0 Å². The van der Waals surface area contributed by atoms with E-state index in [2.05, 4.69) is 15.6 Å². The number of guanidine groups is 1. The number of sulfonamides is 1. The molecule has 1 aliphatic rings. The number of rotatable bonds is 10. The van der Waals surface area contributed by atoms with Crippen molar-refractivity contribution in [2.45, 2.75) is 38.5 Å². The zero-order valence-electron chi connectivity index (χ0n) is 16.5. The van der Waals surface area contributed by atoms with E-state index in [1.807, 2.05) is 19.1 Å². The van der Waals surface area contributed by atoms with Crippen LogP contribution in [0, 0.1) is 5.82 Å². The molecule has 1 aromatic rings. The predicted octanol–water partition coefficient (Wildman–Crippen LogP) is 2.08. The van der Waals surface area contributed by atoms with E-state index < -0.39 is 10.0 Å². The summed E-state index contributed by atoms with van der Waals surface area (Å²) in [6.45, 7) is 5.96. The molecule has 152 valence electrons. The number of benzene rings is 1. The topological polar surface area (TPSA) is 73.8 Å². The lowest BCUT2D eigenvalue weighted by Gasteiger charge is -2.18. The Morgan fingerprint density at radius 3 is 2.56 bits per heavy atom. The van der Waals surface area contributed by atoms with Crippen LogP contribution in [-0.4, -0.2) is 57.7 Å². The molecule has 27 heavy (non-hydrogen) atoms. The number of aliphatic imine (C=N–C) groups is 1. The van der Waals surface area contributed by atoms with Crippen LogP contribution >= 0.6 is 0 Å². The van der Waals surface area contributed by atoms with Crippen LogP contribution in [0.25, 0.3) is 0 Å². The van der Waals surface area contributed by atoms with Gasteiger partial charge in [0.2, 0.25) is 10.0 Å². The van der Waals surface area contributed by atoms with Crippen molar-refractivity contribution in [3.63, 3.8) is 0 Å². The third-order valence-electron chi connectivity index (χ3n) is 4.96. The lowest BCUT2D eigenvalue weighted by atomic mass is 9.95. The van der Waals surface area contributed by atoms with Crippen LogP contribution in [0.1, 0.15) is 38.7 Å². The van der Waals surface area contributed by atoms with Crippen molar-refractivity contribution in [2.75, 3.05) is 39.0 Å². The van der Waals surface area contributed by atoms with E-state index in [0.717, 1.165) is 24.9 Å². The molecule has 0 amide bonds. The molecule has 6 nitrogen and oxygen atoms in total. The van der Waals surface area contributed by atoms with Gasteiger partial charge in [-0.2, -0.15) is 0 Å². The van der Waals surface area contributed by atoms with E-state index in [0.29, 0.717) is 32.0 Å². The summed E-state index contributed by atoms with van der Waals surface area (Å²) < 4.78 is 39.0. The van der Waals surface area contributed by atoms with Crippen LogP contribution in [0.4, 0.5) is 4.39 Å². The minimum absolute atomic E-state index is 0.110. The van der Waals surface area contributed by atoms with Gasteiger partial charge in [0, 0.05) is 32.1 Å². The van der Waals surface area contributed by atoms with Crippen LogP contribution in [0.3, 0.4) is 0 Å². The van der Waals surface area contributed by atoms with Gasteiger partial charge in [0.05, 0.1) is 12.3 Å². The largest absolute Gasteiger partial charge is 0.357 e. The van der Waals surface area contributed by atoms with Crippen molar-refractivity contribution >= 4 is 16.0 Å². The Labute approximate surface area is 162 Å². The first-order valence-corrected chi connectivity index (χ1v) is 11.2. The van der Waals surface area contributed by atoms with E-state index in [9.17, 15) is 12.8 Å². The fourth-order valence-corrected chi connectivity index (χ4v) is 3.84. The van der Waals surface area contributed by atoms with Crippen molar-refractivity contribution in [3.8, 4) is 0 Å². The van der Waals surface area contributed by atoms with Crippen LogP contribution < -0.4 is 10.6 Å². The Morgan fingerprint density at radius 2 is 1.96 bits per heavy atom. The van der Waals surface area contributed by atoms with E-state index >= 15 is 0 Å². The molecule has 0 unspecified atom stereocenters. The standard InChI is InChI=1S/C19H31FN4O2S/c1-4-21-18(22-13-8-14-24(3)27(25,26)5-2)23-15-19(11-12-19)16-9-6-7-10-17(16)20/h6-7,9-10H,4-5,8,11-15H2,1-3H3,(H2,21,22,23). The van der Waals surface area contributed by atoms with Crippen LogP contribution in [0.2, 0.25) is 0 Å². The second-order valence-corrected chi connectivity index (χ2v) is 9.32. The molecule has 2 N–H and O–H groups in total. The number of nitrogens with zero attached hydrogens (tertiary/aromatic N) is 2. The van der Waals surface area contributed by atoms with E-state index in [-0.39, 0.29) is 17.0 Å². The molecule has 1 saturated carbocycles. The SMILES string of the molecule is CCNC(=NCC1(c2ccccc2F)CC1)NCCCN(C)S(=O)(=O)CC. The van der Waals surface area contributed by atoms with Gasteiger partial charge in [-0.1, -0.05) is 18.2 Å². The summed E-state index contributed by atoms with van der Waals surface area (Å²) in [5.74, 6) is 0.628. The maximum atomic E-state index is 14.1. The molecule has 0 atom stereocenters. The van der Waals surface area contributed by atoms with Gasteiger partial charge in [-0.3, -0.25) is 4.99 Å². The van der Waals surface area contributed by atoms with E-state index in [1.165, 1.54) is 10.4 Å². The Balaban J connectivity index is 1.89. The fraction of sp³-hybridized carbons (Fsp3) is 0.632. The summed E-state index contributed by atoms with van der Waals surface area (Å²) in [6.07, 6.45) is 2.56. The third-order valence-corrected chi connectivity index (χ3v) is 6.83. The van der Waals surface area contributed by atoms with Crippen molar-refractivity contribution in [1.82, 2.24) is 14.9 Å². The summed E-state index contributed by atoms with van der Waals surface area (Å²) in [5.41, 5.74) is 0.555. The first-order valence-electron chi connectivity index (χ1n) is 9.56.